The van der Waals surface area contributed by atoms with E-state index in [1.165, 1.54) is 63.5 Å². The highest BCUT2D eigenvalue weighted by atomic mass is 14.9. The van der Waals surface area contributed by atoms with Crippen LogP contribution in [0.4, 0.5) is 5.69 Å². The number of anilines is 1. The molecule has 2 aliphatic carbocycles. The number of benzene rings is 1. The standard InChI is InChI=1S/C18H27N/c1-2-4-14-7-10-17(11-8-14)19-18-12-9-15-5-3-6-16(15)13-18/h9,12-14,17,19H,2-8,10-11H2,1H3. The molecule has 1 heteroatoms. The molecule has 0 aliphatic heterocycles. The van der Waals surface area contributed by atoms with E-state index in [0.717, 1.165) is 5.92 Å². The maximum Gasteiger partial charge on any atom is 0.0345 e. The highest BCUT2D eigenvalue weighted by molar-refractivity contribution is 5.50. The molecule has 0 saturated heterocycles. The van der Waals surface area contributed by atoms with Crippen LogP contribution in [0.3, 0.4) is 0 Å². The molecule has 0 aromatic heterocycles. The molecule has 1 aromatic rings. The third-order valence-corrected chi connectivity index (χ3v) is 5.01. The highest BCUT2D eigenvalue weighted by Crippen LogP contribution is 2.31. The first-order chi connectivity index (χ1) is 9.35. The lowest BCUT2D eigenvalue weighted by Gasteiger charge is -2.29. The molecule has 1 nitrogen and oxygen atoms in total. The van der Waals surface area contributed by atoms with Gasteiger partial charge >= 0.3 is 0 Å². The summed E-state index contributed by atoms with van der Waals surface area (Å²) < 4.78 is 0. The van der Waals surface area contributed by atoms with Gasteiger partial charge in [0, 0.05) is 11.7 Å². The fourth-order valence-corrected chi connectivity index (χ4v) is 3.90. The predicted octanol–water partition coefficient (Wildman–Crippen LogP) is 4.95. The molecule has 1 N–H and O–H groups in total. The van der Waals surface area contributed by atoms with Crippen molar-refractivity contribution in [2.75, 3.05) is 5.32 Å². The lowest BCUT2D eigenvalue weighted by Crippen LogP contribution is -2.26. The van der Waals surface area contributed by atoms with Crippen LogP contribution in [0.1, 0.15) is 63.0 Å². The minimum atomic E-state index is 0.715. The topological polar surface area (TPSA) is 12.0 Å². The second kappa shape index (κ2) is 5.98. The van der Waals surface area contributed by atoms with E-state index in [1.807, 2.05) is 0 Å². The molecule has 0 heterocycles. The SMILES string of the molecule is CCCC1CCC(Nc2ccc3c(c2)CCC3)CC1. The van der Waals surface area contributed by atoms with Gasteiger partial charge in [-0.05, 0) is 74.1 Å². The van der Waals surface area contributed by atoms with Crippen molar-refractivity contribution in [1.82, 2.24) is 0 Å². The Bertz CT molecular complexity index is 416. The Balaban J connectivity index is 1.55. The first-order valence-electron chi connectivity index (χ1n) is 8.23. The van der Waals surface area contributed by atoms with E-state index >= 15 is 0 Å². The van der Waals surface area contributed by atoms with Gasteiger partial charge in [0.25, 0.3) is 0 Å². The molecule has 0 amide bonds. The molecule has 0 unspecified atom stereocenters. The van der Waals surface area contributed by atoms with E-state index in [4.69, 9.17) is 0 Å². The Kier molecular flexibility index (Phi) is 4.10. The Labute approximate surface area is 117 Å². The molecule has 19 heavy (non-hydrogen) atoms. The van der Waals surface area contributed by atoms with Crippen molar-refractivity contribution in [3.63, 3.8) is 0 Å². The van der Waals surface area contributed by atoms with Gasteiger partial charge in [0.05, 0.1) is 0 Å². The summed E-state index contributed by atoms with van der Waals surface area (Å²) in [6.45, 7) is 2.31. The molecule has 0 spiro atoms. The Hall–Kier alpha value is -0.980. The second-order valence-corrected chi connectivity index (χ2v) is 6.49. The third-order valence-electron chi connectivity index (χ3n) is 5.01. The van der Waals surface area contributed by atoms with E-state index in [9.17, 15) is 0 Å². The number of aryl methyl sites for hydroxylation is 2. The van der Waals surface area contributed by atoms with Crippen LogP contribution >= 0.6 is 0 Å². The van der Waals surface area contributed by atoms with Gasteiger partial charge in [-0.3, -0.25) is 0 Å². The lowest BCUT2D eigenvalue weighted by molar-refractivity contribution is 0.319. The van der Waals surface area contributed by atoms with E-state index in [-0.39, 0.29) is 0 Å². The van der Waals surface area contributed by atoms with Crippen LogP contribution in [0.15, 0.2) is 18.2 Å². The van der Waals surface area contributed by atoms with E-state index in [2.05, 4.69) is 30.4 Å². The minimum absolute atomic E-state index is 0.715. The third kappa shape index (κ3) is 3.13. The van der Waals surface area contributed by atoms with Crippen LogP contribution in [-0.4, -0.2) is 6.04 Å². The number of fused-ring (bicyclic) bond motifs is 1. The Morgan fingerprint density at radius 1 is 1.05 bits per heavy atom. The maximum absolute atomic E-state index is 3.77. The van der Waals surface area contributed by atoms with E-state index in [1.54, 1.807) is 11.1 Å². The van der Waals surface area contributed by atoms with Gasteiger partial charge in [-0.1, -0.05) is 25.8 Å². The van der Waals surface area contributed by atoms with Crippen molar-refractivity contribution in [2.45, 2.75) is 70.8 Å². The van der Waals surface area contributed by atoms with E-state index < -0.39 is 0 Å². The van der Waals surface area contributed by atoms with Gasteiger partial charge < -0.3 is 5.32 Å². The van der Waals surface area contributed by atoms with Crippen LogP contribution in [0.2, 0.25) is 0 Å². The summed E-state index contributed by atoms with van der Waals surface area (Å²) in [5, 5.41) is 3.77. The van der Waals surface area contributed by atoms with Crippen molar-refractivity contribution in [2.24, 2.45) is 5.92 Å². The van der Waals surface area contributed by atoms with Crippen LogP contribution in [0, 0.1) is 5.92 Å². The number of nitrogens with one attached hydrogen (secondary N) is 1. The van der Waals surface area contributed by atoms with Gasteiger partial charge in [-0.15, -0.1) is 0 Å². The van der Waals surface area contributed by atoms with Crippen LogP contribution < -0.4 is 5.32 Å². The molecule has 3 rings (SSSR count). The zero-order chi connectivity index (χ0) is 13.1. The van der Waals surface area contributed by atoms with Gasteiger partial charge in [-0.2, -0.15) is 0 Å². The van der Waals surface area contributed by atoms with E-state index in [0.29, 0.717) is 6.04 Å². The molecule has 104 valence electrons. The monoisotopic (exact) mass is 257 g/mol. The summed E-state index contributed by atoms with van der Waals surface area (Å²) in [5.41, 5.74) is 4.53. The second-order valence-electron chi connectivity index (χ2n) is 6.49. The fraction of sp³-hybridized carbons (Fsp3) is 0.667. The molecule has 1 saturated carbocycles. The first-order valence-corrected chi connectivity index (χ1v) is 8.23. The first kappa shape index (κ1) is 13.0. The number of rotatable bonds is 4. The van der Waals surface area contributed by atoms with Gasteiger partial charge in [0.2, 0.25) is 0 Å². The lowest BCUT2D eigenvalue weighted by atomic mass is 9.83. The van der Waals surface area contributed by atoms with Crippen molar-refractivity contribution in [3.8, 4) is 0 Å². The molecule has 2 aliphatic rings. The normalized spacial score (nSPS) is 26.2. The van der Waals surface area contributed by atoms with Crippen molar-refractivity contribution >= 4 is 5.69 Å². The zero-order valence-corrected chi connectivity index (χ0v) is 12.3. The average molecular weight is 257 g/mol. The number of hydrogen-bond donors (Lipinski definition) is 1. The molecular formula is C18H27N. The fourth-order valence-electron chi connectivity index (χ4n) is 3.90. The smallest absolute Gasteiger partial charge is 0.0345 e. The molecule has 0 bridgehead atoms. The summed E-state index contributed by atoms with van der Waals surface area (Å²) in [4.78, 5) is 0. The van der Waals surface area contributed by atoms with Gasteiger partial charge in [0.1, 0.15) is 0 Å². The Morgan fingerprint density at radius 2 is 1.84 bits per heavy atom. The van der Waals surface area contributed by atoms with Gasteiger partial charge in [-0.25, -0.2) is 0 Å². The minimum Gasteiger partial charge on any atom is -0.382 e. The van der Waals surface area contributed by atoms with Crippen molar-refractivity contribution < 1.29 is 0 Å². The van der Waals surface area contributed by atoms with Crippen molar-refractivity contribution in [1.29, 1.82) is 0 Å². The molecule has 1 fully saturated rings. The highest BCUT2D eigenvalue weighted by Gasteiger charge is 2.20. The average Bonchev–Trinajstić information content (AvgIpc) is 2.89. The van der Waals surface area contributed by atoms with Gasteiger partial charge in [0.15, 0.2) is 0 Å². The number of hydrogen-bond acceptors (Lipinski definition) is 1. The summed E-state index contributed by atoms with van der Waals surface area (Å²) in [5.74, 6) is 1.00. The zero-order valence-electron chi connectivity index (χ0n) is 12.3. The molecular weight excluding hydrogens is 230 g/mol. The summed E-state index contributed by atoms with van der Waals surface area (Å²) in [6, 6.07) is 7.75. The predicted molar refractivity (Wildman–Crippen MR) is 82.7 cm³/mol. The molecule has 1 aromatic carbocycles. The maximum atomic E-state index is 3.77. The largest absolute Gasteiger partial charge is 0.382 e. The van der Waals surface area contributed by atoms with Crippen LogP contribution in [0.5, 0.6) is 0 Å². The van der Waals surface area contributed by atoms with Crippen LogP contribution in [0.25, 0.3) is 0 Å². The van der Waals surface area contributed by atoms with Crippen molar-refractivity contribution in [3.05, 3.63) is 29.3 Å². The summed E-state index contributed by atoms with van der Waals surface area (Å²) in [7, 11) is 0. The quantitative estimate of drug-likeness (QED) is 0.805. The molecule has 0 radical (unpaired) electrons. The summed E-state index contributed by atoms with van der Waals surface area (Å²) in [6.07, 6.45) is 12.3. The Morgan fingerprint density at radius 3 is 2.63 bits per heavy atom. The molecule has 0 atom stereocenters. The summed E-state index contributed by atoms with van der Waals surface area (Å²) >= 11 is 0. The van der Waals surface area contributed by atoms with Crippen LogP contribution in [-0.2, 0) is 12.8 Å².